The van der Waals surface area contributed by atoms with Crippen LogP contribution >= 0.6 is 0 Å². The molecule has 0 aliphatic carbocycles. The second-order valence-corrected chi connectivity index (χ2v) is 8.32. The molecule has 0 bridgehead atoms. The molecule has 7 nitrogen and oxygen atoms in total. The van der Waals surface area contributed by atoms with E-state index in [-0.39, 0.29) is 17.9 Å². The van der Waals surface area contributed by atoms with Crippen LogP contribution in [0, 0.1) is 25.5 Å². The maximum Gasteiger partial charge on any atom is 0.351 e. The highest BCUT2D eigenvalue weighted by Gasteiger charge is 2.21. The minimum Gasteiger partial charge on any atom is -0.368 e. The van der Waals surface area contributed by atoms with Crippen molar-refractivity contribution < 1.29 is 8.78 Å². The maximum absolute atomic E-state index is 14.0. The van der Waals surface area contributed by atoms with Crippen molar-refractivity contribution in [2.75, 3.05) is 36.0 Å². The highest BCUT2D eigenvalue weighted by molar-refractivity contribution is 5.57. The number of piperazine rings is 1. The number of anilines is 2. The molecule has 0 spiro atoms. The van der Waals surface area contributed by atoms with Gasteiger partial charge in [-0.3, -0.25) is 0 Å². The SMILES string of the molecule is Cc1cccc(N2CCN(c3ccn4c(=O)n(Cc5cc(F)ccc5F)nc4n3)CC2)c1C. The quantitative estimate of drug-likeness (QED) is 0.478. The lowest BCUT2D eigenvalue weighted by molar-refractivity contribution is 0.561. The van der Waals surface area contributed by atoms with Gasteiger partial charge in [-0.15, -0.1) is 5.10 Å². The third kappa shape index (κ3) is 3.94. The van der Waals surface area contributed by atoms with Crippen molar-refractivity contribution in [2.45, 2.75) is 20.4 Å². The van der Waals surface area contributed by atoms with E-state index >= 15 is 0 Å². The minimum atomic E-state index is -0.587. The molecule has 33 heavy (non-hydrogen) atoms. The van der Waals surface area contributed by atoms with Gasteiger partial charge in [-0.25, -0.2) is 22.7 Å². The van der Waals surface area contributed by atoms with Crippen molar-refractivity contribution in [3.8, 4) is 0 Å². The average molecular weight is 450 g/mol. The predicted octanol–water partition coefficient (Wildman–Crippen LogP) is 3.16. The molecule has 0 amide bonds. The largest absolute Gasteiger partial charge is 0.368 e. The maximum atomic E-state index is 14.0. The van der Waals surface area contributed by atoms with E-state index in [1.807, 2.05) is 0 Å². The number of hydrogen-bond donors (Lipinski definition) is 0. The molecule has 4 aromatic rings. The zero-order chi connectivity index (χ0) is 23.1. The van der Waals surface area contributed by atoms with Crippen molar-refractivity contribution in [1.29, 1.82) is 0 Å². The number of nitrogens with zero attached hydrogens (tertiary/aromatic N) is 6. The standard InChI is InChI=1S/C24H24F2N6O/c1-16-4-3-5-21(17(16)2)29-10-12-30(13-11-29)22-8-9-31-23(27-22)28-32(24(31)33)15-18-14-19(25)6-7-20(18)26/h3-9,14H,10-13,15H2,1-2H3. The lowest BCUT2D eigenvalue weighted by atomic mass is 10.1. The van der Waals surface area contributed by atoms with Crippen LogP contribution in [0.4, 0.5) is 20.3 Å². The molecule has 1 saturated heterocycles. The minimum absolute atomic E-state index is 0.0586. The molecule has 170 valence electrons. The lowest BCUT2D eigenvalue weighted by Crippen LogP contribution is -2.47. The van der Waals surface area contributed by atoms with E-state index < -0.39 is 17.3 Å². The van der Waals surface area contributed by atoms with Gasteiger partial charge in [0.05, 0.1) is 6.54 Å². The van der Waals surface area contributed by atoms with Gasteiger partial charge in [-0.05, 0) is 55.3 Å². The molecular weight excluding hydrogens is 426 g/mol. The number of fused-ring (bicyclic) bond motifs is 1. The van der Waals surface area contributed by atoms with E-state index in [2.05, 4.69) is 51.9 Å². The predicted molar refractivity (Wildman–Crippen MR) is 123 cm³/mol. The normalized spacial score (nSPS) is 14.3. The van der Waals surface area contributed by atoms with Crippen LogP contribution in [0.25, 0.3) is 5.78 Å². The van der Waals surface area contributed by atoms with Gasteiger partial charge in [0.2, 0.25) is 0 Å². The summed E-state index contributed by atoms with van der Waals surface area (Å²) in [7, 11) is 0. The van der Waals surface area contributed by atoms with Gasteiger partial charge in [0.15, 0.2) is 0 Å². The molecule has 1 aliphatic heterocycles. The molecule has 2 aromatic carbocycles. The first-order valence-corrected chi connectivity index (χ1v) is 10.9. The molecule has 0 unspecified atom stereocenters. The first-order valence-electron chi connectivity index (χ1n) is 10.9. The van der Waals surface area contributed by atoms with Crippen molar-refractivity contribution in [2.24, 2.45) is 0 Å². The summed E-state index contributed by atoms with van der Waals surface area (Å²) in [6, 6.07) is 11.3. The first-order chi connectivity index (χ1) is 15.9. The third-order valence-corrected chi connectivity index (χ3v) is 6.29. The Morgan fingerprint density at radius 1 is 0.970 bits per heavy atom. The van der Waals surface area contributed by atoms with E-state index in [0.717, 1.165) is 54.9 Å². The Hall–Kier alpha value is -3.75. The van der Waals surface area contributed by atoms with Crippen LogP contribution in [0.2, 0.25) is 0 Å². The number of aromatic nitrogens is 4. The Kier molecular flexibility index (Phi) is 5.32. The average Bonchev–Trinajstić information content (AvgIpc) is 3.13. The second kappa shape index (κ2) is 8.31. The van der Waals surface area contributed by atoms with Gasteiger partial charge < -0.3 is 9.80 Å². The molecule has 1 fully saturated rings. The Morgan fingerprint density at radius 3 is 2.52 bits per heavy atom. The van der Waals surface area contributed by atoms with E-state index in [4.69, 9.17) is 0 Å². The summed E-state index contributed by atoms with van der Waals surface area (Å²) in [5.41, 5.74) is 3.44. The Balaban J connectivity index is 1.35. The molecule has 0 N–H and O–H groups in total. The Bertz CT molecular complexity index is 1390. The summed E-state index contributed by atoms with van der Waals surface area (Å²) in [6.45, 7) is 7.39. The van der Waals surface area contributed by atoms with Gasteiger partial charge in [0, 0.05) is 43.6 Å². The zero-order valence-corrected chi connectivity index (χ0v) is 18.5. The summed E-state index contributed by atoms with van der Waals surface area (Å²) in [6.07, 6.45) is 1.63. The second-order valence-electron chi connectivity index (χ2n) is 8.32. The zero-order valence-electron chi connectivity index (χ0n) is 18.5. The summed E-state index contributed by atoms with van der Waals surface area (Å²) in [5, 5.41) is 4.25. The Labute approximate surface area is 189 Å². The molecule has 0 atom stereocenters. The fraction of sp³-hybridized carbons (Fsp3) is 0.292. The molecule has 9 heteroatoms. The highest BCUT2D eigenvalue weighted by atomic mass is 19.1. The molecule has 1 aliphatic rings. The fourth-order valence-electron chi connectivity index (χ4n) is 4.26. The summed E-state index contributed by atoms with van der Waals surface area (Å²) < 4.78 is 29.9. The van der Waals surface area contributed by atoms with Crippen LogP contribution in [0.5, 0.6) is 0 Å². The molecule has 5 rings (SSSR count). The number of aryl methyl sites for hydroxylation is 1. The first kappa shape index (κ1) is 21.1. The molecule has 3 heterocycles. The van der Waals surface area contributed by atoms with E-state index in [1.54, 1.807) is 12.3 Å². The van der Waals surface area contributed by atoms with Gasteiger partial charge >= 0.3 is 5.69 Å². The number of halogens is 2. The molecule has 0 radical (unpaired) electrons. The van der Waals surface area contributed by atoms with Gasteiger partial charge in [0.1, 0.15) is 17.5 Å². The Morgan fingerprint density at radius 2 is 1.73 bits per heavy atom. The van der Waals surface area contributed by atoms with Crippen LogP contribution in [-0.4, -0.2) is 45.3 Å². The van der Waals surface area contributed by atoms with Gasteiger partial charge in [-0.1, -0.05) is 12.1 Å². The highest BCUT2D eigenvalue weighted by Crippen LogP contribution is 2.25. The fourth-order valence-corrected chi connectivity index (χ4v) is 4.26. The van der Waals surface area contributed by atoms with Crippen molar-refractivity contribution >= 4 is 17.3 Å². The van der Waals surface area contributed by atoms with Crippen LogP contribution in [0.3, 0.4) is 0 Å². The van der Waals surface area contributed by atoms with Gasteiger partial charge in [0.25, 0.3) is 5.78 Å². The van der Waals surface area contributed by atoms with E-state index in [1.165, 1.54) is 21.2 Å². The van der Waals surface area contributed by atoms with E-state index in [0.29, 0.717) is 0 Å². The summed E-state index contributed by atoms with van der Waals surface area (Å²) in [4.78, 5) is 21.8. The monoisotopic (exact) mass is 450 g/mol. The number of benzene rings is 2. The van der Waals surface area contributed by atoms with Crippen LogP contribution in [-0.2, 0) is 6.54 Å². The van der Waals surface area contributed by atoms with Crippen molar-refractivity contribution in [3.05, 3.63) is 87.5 Å². The van der Waals surface area contributed by atoms with Crippen molar-refractivity contribution in [3.63, 3.8) is 0 Å². The third-order valence-electron chi connectivity index (χ3n) is 6.29. The van der Waals surface area contributed by atoms with Crippen molar-refractivity contribution in [1.82, 2.24) is 19.2 Å². The molecular formula is C24H24F2N6O. The number of rotatable bonds is 4. The molecule has 0 saturated carbocycles. The smallest absolute Gasteiger partial charge is 0.351 e. The number of hydrogen-bond acceptors (Lipinski definition) is 5. The molecule has 2 aromatic heterocycles. The topological polar surface area (TPSA) is 58.7 Å². The van der Waals surface area contributed by atoms with Crippen LogP contribution < -0.4 is 15.5 Å². The van der Waals surface area contributed by atoms with E-state index in [9.17, 15) is 13.6 Å². The summed E-state index contributed by atoms with van der Waals surface area (Å²) >= 11 is 0. The van der Waals surface area contributed by atoms with Crippen LogP contribution in [0.15, 0.2) is 53.5 Å². The van der Waals surface area contributed by atoms with Crippen LogP contribution in [0.1, 0.15) is 16.7 Å². The van der Waals surface area contributed by atoms with Gasteiger partial charge in [-0.2, -0.15) is 4.98 Å². The summed E-state index contributed by atoms with van der Waals surface area (Å²) in [5.74, 6) is -0.192. The lowest BCUT2D eigenvalue weighted by Gasteiger charge is -2.37.